The lowest BCUT2D eigenvalue weighted by Crippen LogP contribution is -1.95. The van der Waals surface area contributed by atoms with Crippen molar-refractivity contribution in [1.29, 1.82) is 0 Å². The molecule has 0 fully saturated rings. The van der Waals surface area contributed by atoms with E-state index in [1.165, 1.54) is 25.7 Å². The van der Waals surface area contributed by atoms with Crippen molar-refractivity contribution in [2.75, 3.05) is 0 Å². The van der Waals surface area contributed by atoms with Crippen molar-refractivity contribution in [2.45, 2.75) is 59.8 Å². The first-order valence-electron chi connectivity index (χ1n) is 5.28. The Morgan fingerprint density at radius 1 is 1.25 bits per heavy atom. The van der Waals surface area contributed by atoms with Gasteiger partial charge in [-0.15, -0.1) is 12.3 Å². The fourth-order valence-electron chi connectivity index (χ4n) is 1.19. The zero-order chi connectivity index (χ0) is 9.82. The molecule has 0 aliphatic rings. The molecule has 0 aromatic carbocycles. The largest absolute Gasteiger partial charge is 0.120 e. The second-order valence-electron chi connectivity index (χ2n) is 2.78. The van der Waals surface area contributed by atoms with Gasteiger partial charge in [0.1, 0.15) is 0 Å². The van der Waals surface area contributed by atoms with E-state index in [0.717, 1.165) is 12.3 Å². The molecule has 0 aromatic rings. The Labute approximate surface area is 80.2 Å². The van der Waals surface area contributed by atoms with E-state index in [1.54, 1.807) is 0 Å². The van der Waals surface area contributed by atoms with Crippen LogP contribution in [-0.4, -0.2) is 0 Å². The van der Waals surface area contributed by atoms with E-state index in [9.17, 15) is 0 Å². The molecule has 12 heavy (non-hydrogen) atoms. The van der Waals surface area contributed by atoms with Crippen LogP contribution in [0.25, 0.3) is 0 Å². The van der Waals surface area contributed by atoms with Crippen LogP contribution in [0.5, 0.6) is 0 Å². The molecule has 0 bridgehead atoms. The van der Waals surface area contributed by atoms with E-state index in [2.05, 4.69) is 19.8 Å². The minimum Gasteiger partial charge on any atom is -0.120 e. The number of hydrogen-bond acceptors (Lipinski definition) is 0. The highest BCUT2D eigenvalue weighted by Gasteiger charge is 2.00. The third-order valence-electron chi connectivity index (χ3n) is 2.09. The van der Waals surface area contributed by atoms with Crippen LogP contribution < -0.4 is 0 Å². The van der Waals surface area contributed by atoms with Gasteiger partial charge in [-0.3, -0.25) is 0 Å². The highest BCUT2D eigenvalue weighted by Crippen LogP contribution is 2.15. The molecule has 0 radical (unpaired) electrons. The Hall–Kier alpha value is -0.440. The SMILES string of the molecule is C#CCCCC(CC)CC.CC.[HH]. The van der Waals surface area contributed by atoms with Gasteiger partial charge in [-0.1, -0.05) is 40.5 Å². The van der Waals surface area contributed by atoms with Crippen molar-refractivity contribution < 1.29 is 1.43 Å². The summed E-state index contributed by atoms with van der Waals surface area (Å²) in [6.07, 6.45) is 11.2. The summed E-state index contributed by atoms with van der Waals surface area (Å²) in [6.45, 7) is 8.51. The Bertz CT molecular complexity index is 98.2. The van der Waals surface area contributed by atoms with Gasteiger partial charge >= 0.3 is 0 Å². The lowest BCUT2D eigenvalue weighted by Gasteiger charge is -2.09. The Morgan fingerprint density at radius 3 is 2.08 bits per heavy atom. The first-order valence-corrected chi connectivity index (χ1v) is 5.28. The zero-order valence-corrected chi connectivity index (χ0v) is 9.19. The topological polar surface area (TPSA) is 0 Å². The molecule has 0 unspecified atom stereocenters. The first kappa shape index (κ1) is 14.1. The molecule has 0 aliphatic heterocycles. The maximum atomic E-state index is 5.15. The summed E-state index contributed by atoms with van der Waals surface area (Å²) in [6, 6.07) is 0. The molecule has 0 rings (SSSR count). The fourth-order valence-corrected chi connectivity index (χ4v) is 1.19. The summed E-state index contributed by atoms with van der Waals surface area (Å²) >= 11 is 0. The lowest BCUT2D eigenvalue weighted by atomic mass is 9.97. The molecule has 0 aliphatic carbocycles. The number of unbranched alkanes of at least 4 members (excludes halogenated alkanes) is 1. The maximum Gasteiger partial charge on any atom is 0.00861 e. The highest BCUT2D eigenvalue weighted by atomic mass is 14.1. The molecule has 0 spiro atoms. The molecule has 0 N–H and O–H groups in total. The number of rotatable bonds is 5. The molecule has 0 atom stereocenters. The van der Waals surface area contributed by atoms with Gasteiger partial charge in [-0.25, -0.2) is 0 Å². The first-order chi connectivity index (χ1) is 5.85. The van der Waals surface area contributed by atoms with Gasteiger partial charge in [0.2, 0.25) is 0 Å². The van der Waals surface area contributed by atoms with Gasteiger partial charge in [0.05, 0.1) is 0 Å². The second kappa shape index (κ2) is 13.2. The van der Waals surface area contributed by atoms with Crippen molar-refractivity contribution >= 4 is 0 Å². The van der Waals surface area contributed by atoms with Gasteiger partial charge in [0.25, 0.3) is 0 Å². The predicted molar refractivity (Wildman–Crippen MR) is 60.2 cm³/mol. The van der Waals surface area contributed by atoms with Crippen LogP contribution in [0.3, 0.4) is 0 Å². The minimum absolute atomic E-state index is 0. The van der Waals surface area contributed by atoms with Gasteiger partial charge in [-0.2, -0.15) is 0 Å². The van der Waals surface area contributed by atoms with Crippen LogP contribution in [-0.2, 0) is 0 Å². The van der Waals surface area contributed by atoms with Crippen molar-refractivity contribution in [2.24, 2.45) is 5.92 Å². The highest BCUT2D eigenvalue weighted by molar-refractivity contribution is 4.83. The minimum atomic E-state index is 0. The van der Waals surface area contributed by atoms with Crippen molar-refractivity contribution in [3.8, 4) is 12.3 Å². The summed E-state index contributed by atoms with van der Waals surface area (Å²) < 4.78 is 0. The maximum absolute atomic E-state index is 5.15. The van der Waals surface area contributed by atoms with E-state index in [4.69, 9.17) is 6.42 Å². The monoisotopic (exact) mass is 170 g/mol. The smallest absolute Gasteiger partial charge is 0.00861 e. The molecule has 0 saturated carbocycles. The van der Waals surface area contributed by atoms with Crippen LogP contribution in [0.2, 0.25) is 0 Å². The van der Waals surface area contributed by atoms with Gasteiger partial charge in [-0.05, 0) is 18.8 Å². The van der Waals surface area contributed by atoms with Crippen LogP contribution >= 0.6 is 0 Å². The Kier molecular flexibility index (Phi) is 15.5. The van der Waals surface area contributed by atoms with E-state index < -0.39 is 0 Å². The van der Waals surface area contributed by atoms with Gasteiger partial charge < -0.3 is 0 Å². The predicted octanol–water partition coefficient (Wildman–Crippen LogP) is 4.50. The molecular formula is C12H26. The lowest BCUT2D eigenvalue weighted by molar-refractivity contribution is 0.444. The van der Waals surface area contributed by atoms with E-state index >= 15 is 0 Å². The van der Waals surface area contributed by atoms with Crippen LogP contribution in [0.15, 0.2) is 0 Å². The normalized spacial score (nSPS) is 8.67. The number of hydrogen-bond donors (Lipinski definition) is 0. The molecule has 0 heterocycles. The molecule has 0 aromatic heterocycles. The van der Waals surface area contributed by atoms with E-state index in [1.807, 2.05) is 13.8 Å². The van der Waals surface area contributed by atoms with Crippen molar-refractivity contribution in [1.82, 2.24) is 0 Å². The van der Waals surface area contributed by atoms with Gasteiger partial charge in [0, 0.05) is 7.85 Å². The van der Waals surface area contributed by atoms with Crippen LogP contribution in [0, 0.1) is 18.3 Å². The summed E-state index contributed by atoms with van der Waals surface area (Å²) in [7, 11) is 0. The Morgan fingerprint density at radius 2 is 1.75 bits per heavy atom. The summed E-state index contributed by atoms with van der Waals surface area (Å²) in [5.74, 6) is 3.58. The number of terminal acetylenes is 1. The van der Waals surface area contributed by atoms with Gasteiger partial charge in [0.15, 0.2) is 0 Å². The van der Waals surface area contributed by atoms with Crippen molar-refractivity contribution in [3.05, 3.63) is 0 Å². The summed E-state index contributed by atoms with van der Waals surface area (Å²) in [5, 5.41) is 0. The molecule has 0 heteroatoms. The average Bonchev–Trinajstić information content (AvgIpc) is 2.16. The third kappa shape index (κ3) is 9.56. The van der Waals surface area contributed by atoms with Crippen LogP contribution in [0.1, 0.15) is 61.2 Å². The van der Waals surface area contributed by atoms with E-state index in [0.29, 0.717) is 0 Å². The average molecular weight is 170 g/mol. The van der Waals surface area contributed by atoms with E-state index in [-0.39, 0.29) is 1.43 Å². The third-order valence-corrected chi connectivity index (χ3v) is 2.09. The summed E-state index contributed by atoms with van der Waals surface area (Å²) in [5.41, 5.74) is 0. The van der Waals surface area contributed by atoms with Crippen molar-refractivity contribution in [3.63, 3.8) is 0 Å². The fraction of sp³-hybridized carbons (Fsp3) is 0.833. The standard InChI is InChI=1S/C10H18.C2H6.H2/c1-4-7-8-9-10(5-2)6-3;1-2;/h1,10H,5-9H2,2-3H3;1-2H3;1H. The zero-order valence-electron chi connectivity index (χ0n) is 9.19. The molecule has 0 saturated heterocycles. The molecule has 74 valence electrons. The Balaban J connectivity index is -0.000000309. The molecular weight excluding hydrogens is 144 g/mol. The second-order valence-corrected chi connectivity index (χ2v) is 2.78. The molecule has 0 nitrogen and oxygen atoms in total. The van der Waals surface area contributed by atoms with Crippen LogP contribution in [0.4, 0.5) is 0 Å². The summed E-state index contributed by atoms with van der Waals surface area (Å²) in [4.78, 5) is 0. The molecule has 0 amide bonds. The quantitative estimate of drug-likeness (QED) is 0.421.